The predicted molar refractivity (Wildman–Crippen MR) is 98.9 cm³/mol. The number of rotatable bonds is 4. The van der Waals surface area contributed by atoms with Crippen LogP contribution in [0.1, 0.15) is 21.5 Å². The lowest BCUT2D eigenvalue weighted by atomic mass is 10.1. The summed E-state index contributed by atoms with van der Waals surface area (Å²) in [6.45, 7) is 2.52. The molecule has 0 spiro atoms. The molecular weight excluding hydrogens is 368 g/mol. The van der Waals surface area contributed by atoms with Crippen LogP contribution in [-0.4, -0.2) is 35.2 Å². The molecular formula is C18H16N4O4S. The maximum atomic E-state index is 12.8. The minimum absolute atomic E-state index is 0.0231. The number of aryl methyl sites for hydroxylation is 1. The predicted octanol–water partition coefficient (Wildman–Crippen LogP) is 2.17. The van der Waals surface area contributed by atoms with E-state index in [1.54, 1.807) is 17.9 Å². The molecule has 0 radical (unpaired) electrons. The first-order valence-corrected chi connectivity index (χ1v) is 9.09. The molecule has 0 aliphatic carbocycles. The molecule has 0 saturated carbocycles. The Labute approximate surface area is 158 Å². The average Bonchev–Trinajstić information content (AvgIpc) is 3.30. The number of aromatic nitrogens is 2. The number of thiophene rings is 1. The van der Waals surface area contributed by atoms with Gasteiger partial charge in [-0.15, -0.1) is 21.5 Å². The summed E-state index contributed by atoms with van der Waals surface area (Å²) >= 11 is 1.31. The third-order valence-electron chi connectivity index (χ3n) is 4.13. The van der Waals surface area contributed by atoms with Gasteiger partial charge in [0.1, 0.15) is 18.8 Å². The van der Waals surface area contributed by atoms with Gasteiger partial charge in [-0.05, 0) is 35.9 Å². The first-order valence-electron chi connectivity index (χ1n) is 8.27. The van der Waals surface area contributed by atoms with Gasteiger partial charge >= 0.3 is 0 Å². The van der Waals surface area contributed by atoms with Crippen molar-refractivity contribution < 1.29 is 18.7 Å². The summed E-state index contributed by atoms with van der Waals surface area (Å²) in [6, 6.07) is 9.13. The van der Waals surface area contributed by atoms with Gasteiger partial charge in [0.15, 0.2) is 0 Å². The minimum Gasteiger partial charge on any atom is -0.490 e. The molecule has 0 atom stereocenters. The van der Waals surface area contributed by atoms with Gasteiger partial charge in [0.2, 0.25) is 17.7 Å². The molecule has 0 fully saturated rings. The van der Waals surface area contributed by atoms with Gasteiger partial charge in [0.25, 0.3) is 5.91 Å². The summed E-state index contributed by atoms with van der Waals surface area (Å²) in [4.78, 5) is 27.1. The van der Waals surface area contributed by atoms with Gasteiger partial charge in [0, 0.05) is 11.8 Å². The zero-order valence-electron chi connectivity index (χ0n) is 14.5. The Hall–Kier alpha value is -3.20. The van der Waals surface area contributed by atoms with Crippen LogP contribution in [0.2, 0.25) is 0 Å². The van der Waals surface area contributed by atoms with Crippen LogP contribution in [0.5, 0.6) is 5.75 Å². The Morgan fingerprint density at radius 2 is 2.11 bits per heavy atom. The molecule has 8 nitrogen and oxygen atoms in total. The van der Waals surface area contributed by atoms with Gasteiger partial charge < -0.3 is 19.8 Å². The molecule has 3 aromatic rings. The summed E-state index contributed by atoms with van der Waals surface area (Å²) in [7, 11) is 0. The lowest BCUT2D eigenvalue weighted by Gasteiger charge is -2.29. The molecule has 1 aromatic carbocycles. The normalized spacial score (nSPS) is 13.1. The zero-order valence-corrected chi connectivity index (χ0v) is 15.3. The highest BCUT2D eigenvalue weighted by Crippen LogP contribution is 2.38. The number of nitrogens with two attached hydrogens (primary N) is 1. The smallest absolute Gasteiger partial charge is 0.258 e. The van der Waals surface area contributed by atoms with E-state index in [0.717, 1.165) is 10.4 Å². The summed E-state index contributed by atoms with van der Waals surface area (Å²) in [5.74, 6) is 0.728. The van der Waals surface area contributed by atoms with E-state index in [1.807, 2.05) is 24.3 Å². The van der Waals surface area contributed by atoms with Gasteiger partial charge in [-0.3, -0.25) is 9.59 Å². The van der Waals surface area contributed by atoms with E-state index in [2.05, 4.69) is 10.2 Å². The topological polar surface area (TPSA) is 112 Å². The number of carbonyl (C=O) groups excluding carboxylic acids is 2. The molecule has 9 heteroatoms. The van der Waals surface area contributed by atoms with E-state index in [-0.39, 0.29) is 18.2 Å². The molecule has 2 N–H and O–H groups in total. The van der Waals surface area contributed by atoms with Crippen molar-refractivity contribution in [1.29, 1.82) is 0 Å². The van der Waals surface area contributed by atoms with Crippen molar-refractivity contribution in [3.8, 4) is 16.2 Å². The van der Waals surface area contributed by atoms with Crippen molar-refractivity contribution in [1.82, 2.24) is 10.2 Å². The number of carbonyl (C=O) groups is 2. The molecule has 0 unspecified atom stereocenters. The molecule has 138 valence electrons. The number of anilines is 1. The number of hydrogen-bond donors (Lipinski definition) is 1. The first kappa shape index (κ1) is 17.2. The van der Waals surface area contributed by atoms with Gasteiger partial charge in [-0.25, -0.2) is 0 Å². The Morgan fingerprint density at radius 1 is 1.26 bits per heavy atom. The molecule has 4 rings (SSSR count). The third kappa shape index (κ3) is 3.41. The van der Waals surface area contributed by atoms with Crippen molar-refractivity contribution >= 4 is 28.8 Å². The van der Waals surface area contributed by atoms with Gasteiger partial charge in [-0.2, -0.15) is 0 Å². The second-order valence-electron chi connectivity index (χ2n) is 6.00. The summed E-state index contributed by atoms with van der Waals surface area (Å²) in [5.41, 5.74) is 6.88. The van der Waals surface area contributed by atoms with Crippen LogP contribution in [0.25, 0.3) is 10.4 Å². The Bertz CT molecular complexity index is 1030. The highest BCUT2D eigenvalue weighted by molar-refractivity contribution is 7.17. The lowest BCUT2D eigenvalue weighted by molar-refractivity contribution is -0.118. The van der Waals surface area contributed by atoms with Crippen LogP contribution in [0.3, 0.4) is 0 Å². The van der Waals surface area contributed by atoms with E-state index in [4.69, 9.17) is 14.9 Å². The Kier molecular flexibility index (Phi) is 4.36. The van der Waals surface area contributed by atoms with Crippen LogP contribution in [0.4, 0.5) is 5.69 Å². The van der Waals surface area contributed by atoms with E-state index < -0.39 is 5.91 Å². The van der Waals surface area contributed by atoms with Crippen molar-refractivity contribution in [3.05, 3.63) is 47.0 Å². The number of nitrogens with zero attached hydrogens (tertiary/aromatic N) is 3. The molecule has 0 bridgehead atoms. The Morgan fingerprint density at radius 3 is 2.81 bits per heavy atom. The second kappa shape index (κ2) is 6.84. The lowest BCUT2D eigenvalue weighted by Crippen LogP contribution is -2.39. The fourth-order valence-electron chi connectivity index (χ4n) is 2.89. The number of benzene rings is 1. The average molecular weight is 384 g/mol. The number of amides is 2. The van der Waals surface area contributed by atoms with Crippen LogP contribution in [0.15, 0.2) is 34.7 Å². The van der Waals surface area contributed by atoms with E-state index in [9.17, 15) is 9.59 Å². The van der Waals surface area contributed by atoms with Crippen LogP contribution < -0.4 is 15.4 Å². The van der Waals surface area contributed by atoms with E-state index in [0.29, 0.717) is 35.4 Å². The van der Waals surface area contributed by atoms with Crippen molar-refractivity contribution in [2.45, 2.75) is 13.3 Å². The van der Waals surface area contributed by atoms with Crippen LogP contribution in [0, 0.1) is 6.92 Å². The van der Waals surface area contributed by atoms with Crippen LogP contribution >= 0.6 is 11.3 Å². The third-order valence-corrected chi connectivity index (χ3v) is 5.28. The van der Waals surface area contributed by atoms with E-state index in [1.165, 1.54) is 11.3 Å². The maximum absolute atomic E-state index is 12.8. The molecule has 2 amide bonds. The van der Waals surface area contributed by atoms with Crippen molar-refractivity contribution in [3.63, 3.8) is 0 Å². The van der Waals surface area contributed by atoms with E-state index >= 15 is 0 Å². The first-order chi connectivity index (χ1) is 13.0. The van der Waals surface area contributed by atoms with Gasteiger partial charge in [-0.1, -0.05) is 0 Å². The highest BCUT2D eigenvalue weighted by atomic mass is 32.1. The molecule has 1 aliphatic heterocycles. The minimum atomic E-state index is -0.459. The summed E-state index contributed by atoms with van der Waals surface area (Å²) in [5, 5.41) is 7.63. The fourth-order valence-corrected chi connectivity index (χ4v) is 3.74. The highest BCUT2D eigenvalue weighted by Gasteiger charge is 2.26. The fraction of sp³-hybridized carbons (Fsp3) is 0.222. The molecule has 1 aliphatic rings. The maximum Gasteiger partial charge on any atom is 0.258 e. The SMILES string of the molecule is Cc1nnc(CC(=O)N2CCOc3ccc(-c4ccc(C(N)=O)s4)cc32)o1. The standard InChI is InChI=1S/C18H16N4O4S/c1-10-20-21-16(26-10)9-17(23)22-6-7-25-13-3-2-11(8-12(13)22)14-4-5-15(27-14)18(19)24/h2-5,8H,6-7,9H2,1H3,(H2,19,24). The second-order valence-corrected chi connectivity index (χ2v) is 7.08. The monoisotopic (exact) mass is 384 g/mol. The zero-order chi connectivity index (χ0) is 19.0. The molecule has 2 aromatic heterocycles. The largest absolute Gasteiger partial charge is 0.490 e. The molecule has 27 heavy (non-hydrogen) atoms. The Balaban J connectivity index is 1.64. The summed E-state index contributed by atoms with van der Waals surface area (Å²) < 4.78 is 11.0. The van der Waals surface area contributed by atoms with Crippen molar-refractivity contribution in [2.75, 3.05) is 18.1 Å². The molecule has 3 heterocycles. The number of fused-ring (bicyclic) bond motifs is 1. The van der Waals surface area contributed by atoms with Gasteiger partial charge in [0.05, 0.1) is 17.1 Å². The molecule has 0 saturated heterocycles. The number of ether oxygens (including phenoxy) is 1. The summed E-state index contributed by atoms with van der Waals surface area (Å²) in [6.07, 6.45) is 0.0231. The van der Waals surface area contributed by atoms with Crippen molar-refractivity contribution in [2.24, 2.45) is 5.73 Å². The quantitative estimate of drug-likeness (QED) is 0.738. The number of primary amides is 1. The number of hydrogen-bond acceptors (Lipinski definition) is 7. The van der Waals surface area contributed by atoms with Crippen LogP contribution in [-0.2, 0) is 11.2 Å².